The molecule has 0 radical (unpaired) electrons. The molecule has 0 unspecified atom stereocenters. The molecule has 1 saturated heterocycles. The van der Waals surface area contributed by atoms with Gasteiger partial charge in [-0.05, 0) is 25.8 Å². The van der Waals surface area contributed by atoms with Crippen LogP contribution in [0.4, 0.5) is 4.39 Å². The van der Waals surface area contributed by atoms with Crippen LogP contribution in [0.1, 0.15) is 37.1 Å². The van der Waals surface area contributed by atoms with Crippen LogP contribution in [0.5, 0.6) is 0 Å². The molecule has 134 valence electrons. The van der Waals surface area contributed by atoms with Gasteiger partial charge in [0.1, 0.15) is 5.82 Å². The lowest BCUT2D eigenvalue weighted by Gasteiger charge is -2.37. The molecule has 7 nitrogen and oxygen atoms in total. The van der Waals surface area contributed by atoms with Gasteiger partial charge < -0.3 is 14.1 Å². The van der Waals surface area contributed by atoms with Gasteiger partial charge in [-0.15, -0.1) is 5.10 Å². The van der Waals surface area contributed by atoms with E-state index in [4.69, 9.17) is 9.15 Å². The maximum Gasteiger partial charge on any atom is 0.434 e. The van der Waals surface area contributed by atoms with Gasteiger partial charge in [-0.2, -0.15) is 0 Å². The van der Waals surface area contributed by atoms with Crippen molar-refractivity contribution in [3.8, 4) is 0 Å². The van der Waals surface area contributed by atoms with Crippen molar-refractivity contribution in [2.45, 2.75) is 31.3 Å². The van der Waals surface area contributed by atoms with Crippen molar-refractivity contribution >= 4 is 5.91 Å². The topological polar surface area (TPSA) is 88.4 Å². The van der Waals surface area contributed by atoms with E-state index in [2.05, 4.69) is 10.2 Å². The highest BCUT2D eigenvalue weighted by atomic mass is 19.1. The van der Waals surface area contributed by atoms with Crippen LogP contribution in [0.25, 0.3) is 0 Å². The van der Waals surface area contributed by atoms with Crippen LogP contribution in [0.2, 0.25) is 0 Å². The Morgan fingerprint density at radius 2 is 2.24 bits per heavy atom. The molecule has 1 N–H and O–H groups in total. The van der Waals surface area contributed by atoms with E-state index in [1.807, 2.05) is 0 Å². The van der Waals surface area contributed by atoms with Crippen LogP contribution in [-0.4, -0.2) is 41.2 Å². The molecule has 1 aliphatic heterocycles. The van der Waals surface area contributed by atoms with Gasteiger partial charge in [0.05, 0.1) is 5.92 Å². The molecule has 0 saturated carbocycles. The number of hydrogen-bond acceptors (Lipinski definition) is 5. The first-order chi connectivity index (χ1) is 12.0. The summed E-state index contributed by atoms with van der Waals surface area (Å²) in [7, 11) is 1.39. The Kier molecular flexibility index (Phi) is 4.71. The minimum absolute atomic E-state index is 0.182. The van der Waals surface area contributed by atoms with Gasteiger partial charge in [0.15, 0.2) is 5.60 Å². The molecule has 1 aliphatic rings. The fourth-order valence-electron chi connectivity index (χ4n) is 3.24. The lowest BCUT2D eigenvalue weighted by atomic mass is 9.91. The number of rotatable bonds is 4. The third-order valence-electron chi connectivity index (χ3n) is 4.72. The number of piperidine rings is 1. The average Bonchev–Trinajstić information content (AvgIpc) is 3.07. The number of H-pyrrole nitrogens is 1. The number of aromatic nitrogens is 2. The number of carbonyl (C=O) groups excluding carboxylic acids is 1. The molecular weight excluding hydrogens is 329 g/mol. The van der Waals surface area contributed by atoms with Crippen molar-refractivity contribution in [3.05, 3.63) is 52.1 Å². The fourth-order valence-corrected chi connectivity index (χ4v) is 3.24. The quantitative estimate of drug-likeness (QED) is 0.909. The van der Waals surface area contributed by atoms with Crippen molar-refractivity contribution in [2.75, 3.05) is 20.2 Å². The predicted octanol–water partition coefficient (Wildman–Crippen LogP) is 1.77. The highest BCUT2D eigenvalue weighted by molar-refractivity contribution is 5.86. The zero-order valence-corrected chi connectivity index (χ0v) is 14.1. The lowest BCUT2D eigenvalue weighted by Crippen LogP contribution is -2.50. The van der Waals surface area contributed by atoms with E-state index in [0.29, 0.717) is 13.1 Å². The second kappa shape index (κ2) is 6.79. The Morgan fingerprint density at radius 1 is 1.48 bits per heavy atom. The minimum Gasteiger partial charge on any atom is -0.392 e. The molecule has 3 rings (SSSR count). The molecule has 2 aromatic rings. The first kappa shape index (κ1) is 17.3. The number of halogens is 1. The molecule has 0 spiro atoms. The number of carbonyl (C=O) groups is 1. The number of benzene rings is 1. The summed E-state index contributed by atoms with van der Waals surface area (Å²) in [5.41, 5.74) is -1.24. The summed E-state index contributed by atoms with van der Waals surface area (Å²) < 4.78 is 24.7. The molecular formula is C17H20FN3O4. The van der Waals surface area contributed by atoms with Gasteiger partial charge in [-0.1, -0.05) is 18.2 Å². The van der Waals surface area contributed by atoms with Gasteiger partial charge in [-0.3, -0.25) is 4.79 Å². The van der Waals surface area contributed by atoms with Crippen molar-refractivity contribution in [2.24, 2.45) is 0 Å². The van der Waals surface area contributed by atoms with E-state index in [1.165, 1.54) is 13.2 Å². The highest BCUT2D eigenvalue weighted by Crippen LogP contribution is 2.32. The van der Waals surface area contributed by atoms with E-state index in [9.17, 15) is 14.0 Å². The number of nitrogens with one attached hydrogen (secondary N) is 1. The van der Waals surface area contributed by atoms with E-state index < -0.39 is 17.2 Å². The summed E-state index contributed by atoms with van der Waals surface area (Å²) in [5.74, 6) is -1.34. The van der Waals surface area contributed by atoms with Crippen LogP contribution in [-0.2, 0) is 15.1 Å². The van der Waals surface area contributed by atoms with E-state index in [-0.39, 0.29) is 23.3 Å². The molecule has 2 atom stereocenters. The number of likely N-dealkylation sites (tertiary alicyclic amines) is 1. The van der Waals surface area contributed by atoms with Gasteiger partial charge in [0.25, 0.3) is 5.91 Å². The van der Waals surface area contributed by atoms with Crippen LogP contribution in [0.15, 0.2) is 33.5 Å². The summed E-state index contributed by atoms with van der Waals surface area (Å²) >= 11 is 0. The molecule has 1 amide bonds. The summed E-state index contributed by atoms with van der Waals surface area (Å²) in [6.07, 6.45) is 1.48. The Balaban J connectivity index is 1.85. The molecule has 0 bridgehead atoms. The molecule has 1 fully saturated rings. The molecule has 8 heteroatoms. The molecule has 2 heterocycles. The van der Waals surface area contributed by atoms with Gasteiger partial charge in [0, 0.05) is 25.8 Å². The second-order valence-corrected chi connectivity index (χ2v) is 6.26. The third-order valence-corrected chi connectivity index (χ3v) is 4.72. The lowest BCUT2D eigenvalue weighted by molar-refractivity contribution is -0.156. The van der Waals surface area contributed by atoms with Crippen LogP contribution in [0.3, 0.4) is 0 Å². The standard InChI is InChI=1S/C17H20FN3O4/c1-17(24-2,12-7-3-4-8-13(12)18)15(22)21-9-5-6-11(10-21)14-19-20-16(23)25-14/h3-4,7-8,11H,5-6,9-10H2,1-2H3,(H,20,23)/t11-,17+/m1/s1. The fraction of sp³-hybridized carbons (Fsp3) is 0.471. The molecule has 1 aromatic carbocycles. The normalized spacial score (nSPS) is 20.3. The summed E-state index contributed by atoms with van der Waals surface area (Å²) in [6, 6.07) is 6.08. The maximum atomic E-state index is 14.2. The first-order valence-corrected chi connectivity index (χ1v) is 8.10. The Morgan fingerprint density at radius 3 is 2.88 bits per heavy atom. The van der Waals surface area contributed by atoms with Crippen LogP contribution >= 0.6 is 0 Å². The SMILES string of the molecule is CO[C@](C)(C(=O)N1CCC[C@@H](c2n[nH]c(=O)o2)C1)c1ccccc1F. The van der Waals surface area contributed by atoms with Crippen molar-refractivity contribution < 1.29 is 18.3 Å². The van der Waals surface area contributed by atoms with E-state index in [1.54, 1.807) is 30.0 Å². The maximum absolute atomic E-state index is 14.2. The number of nitrogens with zero attached hydrogens (tertiary/aromatic N) is 2. The predicted molar refractivity (Wildman–Crippen MR) is 86.4 cm³/mol. The van der Waals surface area contributed by atoms with Gasteiger partial charge in [-0.25, -0.2) is 14.3 Å². The summed E-state index contributed by atoms with van der Waals surface area (Å²) in [5, 5.41) is 6.09. The van der Waals surface area contributed by atoms with Crippen molar-refractivity contribution in [1.82, 2.24) is 15.1 Å². The molecule has 1 aromatic heterocycles. The Bertz CT molecular complexity index is 818. The first-order valence-electron chi connectivity index (χ1n) is 8.10. The zero-order chi connectivity index (χ0) is 18.0. The van der Waals surface area contributed by atoms with Crippen molar-refractivity contribution in [1.29, 1.82) is 0 Å². The number of ether oxygens (including phenoxy) is 1. The van der Waals surface area contributed by atoms with Gasteiger partial charge >= 0.3 is 5.76 Å². The number of aromatic amines is 1. The highest BCUT2D eigenvalue weighted by Gasteiger charge is 2.42. The van der Waals surface area contributed by atoms with Crippen LogP contribution in [0, 0.1) is 5.82 Å². The number of hydrogen-bond donors (Lipinski definition) is 1. The molecule has 0 aliphatic carbocycles. The van der Waals surface area contributed by atoms with E-state index >= 15 is 0 Å². The number of amides is 1. The van der Waals surface area contributed by atoms with E-state index in [0.717, 1.165) is 12.8 Å². The number of methoxy groups -OCH3 is 1. The summed E-state index contributed by atoms with van der Waals surface area (Å²) in [4.78, 5) is 25.9. The average molecular weight is 349 g/mol. The summed E-state index contributed by atoms with van der Waals surface area (Å²) in [6.45, 7) is 2.42. The van der Waals surface area contributed by atoms with Crippen molar-refractivity contribution in [3.63, 3.8) is 0 Å². The zero-order valence-electron chi connectivity index (χ0n) is 14.1. The largest absolute Gasteiger partial charge is 0.434 e. The third kappa shape index (κ3) is 3.21. The van der Waals surface area contributed by atoms with Crippen LogP contribution < -0.4 is 5.76 Å². The minimum atomic E-state index is -1.43. The molecule has 25 heavy (non-hydrogen) atoms. The Labute approximate surface area is 143 Å². The second-order valence-electron chi connectivity index (χ2n) is 6.26. The Hall–Kier alpha value is -2.48. The monoisotopic (exact) mass is 349 g/mol. The smallest absolute Gasteiger partial charge is 0.392 e. The van der Waals surface area contributed by atoms with Gasteiger partial charge in [0.2, 0.25) is 5.89 Å².